The molecule has 4 rings (SSSR count). The maximum atomic E-state index is 12.4. The molecule has 1 aliphatic carbocycles. The minimum absolute atomic E-state index is 0.367. The van der Waals surface area contributed by atoms with Crippen LogP contribution >= 0.6 is 0 Å². The van der Waals surface area contributed by atoms with Gasteiger partial charge in [-0.1, -0.05) is 30.3 Å². The van der Waals surface area contributed by atoms with Gasteiger partial charge in [0.1, 0.15) is 5.84 Å². The quantitative estimate of drug-likeness (QED) is 0.827. The van der Waals surface area contributed by atoms with Gasteiger partial charge >= 0.3 is 5.97 Å². The molecule has 28 heavy (non-hydrogen) atoms. The lowest BCUT2D eigenvalue weighted by atomic mass is 9.69. The summed E-state index contributed by atoms with van der Waals surface area (Å²) < 4.78 is 15.9. The Bertz CT molecular complexity index is 1020. The van der Waals surface area contributed by atoms with E-state index in [1.54, 1.807) is 14.2 Å². The molecule has 0 bridgehead atoms. The fourth-order valence-electron chi connectivity index (χ4n) is 4.35. The smallest absolute Gasteiger partial charge is 0.335 e. The molecule has 1 atom stereocenters. The molecule has 0 amide bonds. The summed E-state index contributed by atoms with van der Waals surface area (Å²) in [5.74, 6) is 1.31. The number of nitrogens with zero attached hydrogens (tertiary/aromatic N) is 1. The van der Waals surface area contributed by atoms with Gasteiger partial charge in [0.2, 0.25) is 0 Å². The highest BCUT2D eigenvalue weighted by atomic mass is 16.5. The van der Waals surface area contributed by atoms with Crippen molar-refractivity contribution in [3.63, 3.8) is 0 Å². The predicted octanol–water partition coefficient (Wildman–Crippen LogP) is 2.93. The molecule has 2 aromatic rings. The highest BCUT2D eigenvalue weighted by Gasteiger charge is 2.49. The van der Waals surface area contributed by atoms with Crippen molar-refractivity contribution < 1.29 is 19.0 Å². The Morgan fingerprint density at radius 3 is 2.54 bits per heavy atom. The third-order valence-corrected chi connectivity index (χ3v) is 5.64. The molecular formula is C22H22N2O4. The van der Waals surface area contributed by atoms with Crippen molar-refractivity contribution in [1.29, 1.82) is 0 Å². The van der Waals surface area contributed by atoms with Gasteiger partial charge in [0.15, 0.2) is 11.5 Å². The van der Waals surface area contributed by atoms with E-state index < -0.39 is 5.41 Å². The Morgan fingerprint density at radius 1 is 1.07 bits per heavy atom. The van der Waals surface area contributed by atoms with Gasteiger partial charge in [-0.15, -0.1) is 0 Å². The minimum Gasteiger partial charge on any atom is -0.493 e. The zero-order chi connectivity index (χ0) is 19.9. The van der Waals surface area contributed by atoms with Crippen LogP contribution in [0.4, 0.5) is 0 Å². The van der Waals surface area contributed by atoms with Crippen molar-refractivity contribution >= 4 is 11.8 Å². The van der Waals surface area contributed by atoms with Crippen molar-refractivity contribution in [3.8, 4) is 11.5 Å². The van der Waals surface area contributed by atoms with Crippen LogP contribution in [0, 0.1) is 0 Å². The largest absolute Gasteiger partial charge is 0.493 e. The van der Waals surface area contributed by atoms with Crippen LogP contribution in [0.15, 0.2) is 58.7 Å². The first-order chi connectivity index (χ1) is 13.6. The van der Waals surface area contributed by atoms with Crippen molar-refractivity contribution in [2.75, 3.05) is 21.3 Å². The van der Waals surface area contributed by atoms with Crippen LogP contribution in [0.1, 0.15) is 29.5 Å². The van der Waals surface area contributed by atoms with E-state index in [1.807, 2.05) is 42.5 Å². The van der Waals surface area contributed by atoms with Gasteiger partial charge in [-0.05, 0) is 36.1 Å². The number of aliphatic imine (C=N–C) groups is 1. The van der Waals surface area contributed by atoms with E-state index in [1.165, 1.54) is 7.11 Å². The molecule has 0 saturated carbocycles. The lowest BCUT2D eigenvalue weighted by Crippen LogP contribution is -2.35. The number of benzene rings is 2. The fourth-order valence-corrected chi connectivity index (χ4v) is 4.35. The van der Waals surface area contributed by atoms with Gasteiger partial charge in [0.05, 0.1) is 38.0 Å². The summed E-state index contributed by atoms with van der Waals surface area (Å²) in [6, 6.07) is 13.8. The average Bonchev–Trinajstić information content (AvgIpc) is 3.13. The number of carbonyl (C=O) groups excluding carboxylic acids is 1. The molecule has 0 spiro atoms. The molecule has 2 aliphatic rings. The Hall–Kier alpha value is -3.28. The van der Waals surface area contributed by atoms with E-state index in [4.69, 9.17) is 19.9 Å². The average molecular weight is 378 g/mol. The predicted molar refractivity (Wildman–Crippen MR) is 106 cm³/mol. The first kappa shape index (κ1) is 18.1. The highest BCUT2D eigenvalue weighted by Crippen LogP contribution is 2.54. The Balaban J connectivity index is 2.04. The molecule has 0 saturated heterocycles. The molecule has 2 N–H and O–H groups in total. The third kappa shape index (κ3) is 2.41. The van der Waals surface area contributed by atoms with Gasteiger partial charge in [-0.2, -0.15) is 0 Å². The Labute approximate surface area is 163 Å². The molecule has 6 nitrogen and oxygen atoms in total. The molecule has 144 valence electrons. The summed E-state index contributed by atoms with van der Waals surface area (Å²) in [4.78, 5) is 17.1. The van der Waals surface area contributed by atoms with Crippen molar-refractivity contribution in [1.82, 2.24) is 0 Å². The van der Waals surface area contributed by atoms with Gasteiger partial charge in [-0.3, -0.25) is 0 Å². The first-order valence-electron chi connectivity index (χ1n) is 9.05. The van der Waals surface area contributed by atoms with E-state index in [-0.39, 0.29) is 5.97 Å². The molecule has 1 aliphatic heterocycles. The summed E-state index contributed by atoms with van der Waals surface area (Å²) in [6.45, 7) is 0. The third-order valence-electron chi connectivity index (χ3n) is 5.64. The maximum Gasteiger partial charge on any atom is 0.335 e. The number of esters is 1. The van der Waals surface area contributed by atoms with Crippen molar-refractivity contribution in [3.05, 3.63) is 70.4 Å². The lowest BCUT2D eigenvalue weighted by molar-refractivity contribution is -0.136. The second-order valence-corrected chi connectivity index (χ2v) is 6.84. The van der Waals surface area contributed by atoms with Crippen molar-refractivity contribution in [2.45, 2.75) is 18.3 Å². The van der Waals surface area contributed by atoms with E-state index >= 15 is 0 Å². The summed E-state index contributed by atoms with van der Waals surface area (Å²) in [5, 5.41) is 0. The van der Waals surface area contributed by atoms with Gasteiger partial charge in [0, 0.05) is 5.56 Å². The number of amidine groups is 1. The van der Waals surface area contributed by atoms with Gasteiger partial charge < -0.3 is 19.9 Å². The second-order valence-electron chi connectivity index (χ2n) is 6.84. The van der Waals surface area contributed by atoms with E-state index in [0.29, 0.717) is 41.4 Å². The number of ether oxygens (including phenoxy) is 3. The number of fused-ring (bicyclic) bond motifs is 3. The zero-order valence-electron chi connectivity index (χ0n) is 16.1. The van der Waals surface area contributed by atoms with Crippen LogP contribution in [-0.2, 0) is 14.9 Å². The van der Waals surface area contributed by atoms with Crippen LogP contribution in [0.2, 0.25) is 0 Å². The number of hydrogen-bond acceptors (Lipinski definition) is 6. The minimum atomic E-state index is -0.595. The molecule has 0 radical (unpaired) electrons. The normalized spacial score (nSPS) is 20.2. The van der Waals surface area contributed by atoms with Crippen molar-refractivity contribution in [2.24, 2.45) is 10.7 Å². The number of carbonyl (C=O) groups is 1. The number of methoxy groups -OCH3 is 3. The van der Waals surface area contributed by atoms with Crippen LogP contribution in [0.25, 0.3) is 0 Å². The number of rotatable bonds is 4. The summed E-state index contributed by atoms with van der Waals surface area (Å²) in [6.07, 6.45) is 1.25. The first-order valence-corrected chi connectivity index (χ1v) is 9.05. The Kier molecular flexibility index (Phi) is 4.34. The van der Waals surface area contributed by atoms with E-state index in [0.717, 1.165) is 16.7 Å². The molecule has 1 heterocycles. The molecule has 0 aromatic heterocycles. The number of allylic oxidation sites excluding steroid dienone is 1. The SMILES string of the molecule is COC(=O)C1=C2N=C(N)c3ccccc3C2(c2ccc(OC)c(OC)c2)CC1. The maximum absolute atomic E-state index is 12.4. The molecule has 0 fully saturated rings. The van der Waals surface area contributed by atoms with Gasteiger partial charge in [-0.25, -0.2) is 9.79 Å². The molecule has 6 heteroatoms. The number of hydrogen-bond donors (Lipinski definition) is 1. The van der Waals surface area contributed by atoms with Crippen LogP contribution in [0.5, 0.6) is 11.5 Å². The van der Waals surface area contributed by atoms with Crippen LogP contribution < -0.4 is 15.2 Å². The Morgan fingerprint density at radius 2 is 1.82 bits per heavy atom. The lowest BCUT2D eigenvalue weighted by Gasteiger charge is -2.37. The van der Waals surface area contributed by atoms with Crippen LogP contribution in [-0.4, -0.2) is 33.1 Å². The zero-order valence-corrected chi connectivity index (χ0v) is 16.1. The van der Waals surface area contributed by atoms with E-state index in [9.17, 15) is 4.79 Å². The number of nitrogens with two attached hydrogens (primary N) is 1. The fraction of sp³-hybridized carbons (Fsp3) is 0.273. The molecule has 1 unspecified atom stereocenters. The second kappa shape index (κ2) is 6.71. The summed E-state index contributed by atoms with van der Waals surface area (Å²) >= 11 is 0. The summed E-state index contributed by atoms with van der Waals surface area (Å²) in [5.41, 5.74) is 9.78. The van der Waals surface area contributed by atoms with Crippen LogP contribution in [0.3, 0.4) is 0 Å². The van der Waals surface area contributed by atoms with E-state index in [2.05, 4.69) is 4.99 Å². The monoisotopic (exact) mass is 378 g/mol. The molecular weight excluding hydrogens is 356 g/mol. The standard InChI is InChI=1S/C22H22N2O4/c1-26-17-9-8-13(12-18(17)27-2)22-11-10-15(21(25)28-3)19(22)24-20(23)14-6-4-5-7-16(14)22/h4-9,12H,10-11H2,1-3H3,(H2,23,24). The highest BCUT2D eigenvalue weighted by molar-refractivity contribution is 6.03. The molecule has 2 aromatic carbocycles. The topological polar surface area (TPSA) is 83.1 Å². The summed E-state index contributed by atoms with van der Waals surface area (Å²) in [7, 11) is 4.60. The van der Waals surface area contributed by atoms with Gasteiger partial charge in [0.25, 0.3) is 0 Å².